The average molecular weight is 360 g/mol. The minimum Gasteiger partial charge on any atom is -0.355 e. The van der Waals surface area contributed by atoms with E-state index in [1.165, 1.54) is 0 Å². The maximum atomic E-state index is 12.1. The molecular formula is C19H24N2O3S. The van der Waals surface area contributed by atoms with Gasteiger partial charge in [0.25, 0.3) is 0 Å². The summed E-state index contributed by atoms with van der Waals surface area (Å²) in [6.45, 7) is 0.301. The third-order valence-corrected chi connectivity index (χ3v) is 5.48. The molecule has 5 nitrogen and oxygen atoms in total. The lowest BCUT2D eigenvalue weighted by atomic mass is 10.1. The molecule has 0 radical (unpaired) electrons. The summed E-state index contributed by atoms with van der Waals surface area (Å²) < 4.78 is 24.2. The fourth-order valence-electron chi connectivity index (χ4n) is 2.50. The van der Waals surface area contributed by atoms with Crippen molar-refractivity contribution in [1.82, 2.24) is 5.32 Å². The molecular weight excluding hydrogens is 336 g/mol. The number of nitrogens with two attached hydrogens (primary N) is 1. The van der Waals surface area contributed by atoms with E-state index in [4.69, 9.17) is 5.73 Å². The Labute approximate surface area is 149 Å². The maximum Gasteiger partial charge on any atom is 0.237 e. The van der Waals surface area contributed by atoms with Crippen LogP contribution in [0.1, 0.15) is 17.5 Å². The zero-order valence-electron chi connectivity index (χ0n) is 14.1. The summed E-state index contributed by atoms with van der Waals surface area (Å²) in [5.41, 5.74) is 7.66. The van der Waals surface area contributed by atoms with Crippen molar-refractivity contribution in [1.29, 1.82) is 0 Å². The van der Waals surface area contributed by atoms with Crippen molar-refractivity contribution in [2.45, 2.75) is 24.6 Å². The third-order valence-electron chi connectivity index (χ3n) is 3.80. The second-order valence-electron chi connectivity index (χ2n) is 6.02. The molecule has 2 aromatic rings. The Morgan fingerprint density at radius 3 is 2.12 bits per heavy atom. The molecule has 0 fully saturated rings. The Bertz CT molecular complexity index is 762. The first kappa shape index (κ1) is 19.1. The fraction of sp³-hybridized carbons (Fsp3) is 0.316. The fourth-order valence-corrected chi connectivity index (χ4v) is 3.92. The number of carbonyl (C=O) groups is 1. The van der Waals surface area contributed by atoms with E-state index in [1.54, 1.807) is 12.1 Å². The van der Waals surface area contributed by atoms with Crippen LogP contribution in [0.15, 0.2) is 60.7 Å². The molecule has 0 saturated heterocycles. The normalized spacial score (nSPS) is 12.5. The van der Waals surface area contributed by atoms with Crippen molar-refractivity contribution < 1.29 is 13.2 Å². The van der Waals surface area contributed by atoms with Crippen LogP contribution in [-0.4, -0.2) is 32.7 Å². The van der Waals surface area contributed by atoms with E-state index in [2.05, 4.69) is 5.32 Å². The number of hydrogen-bond acceptors (Lipinski definition) is 4. The highest BCUT2D eigenvalue weighted by atomic mass is 32.2. The van der Waals surface area contributed by atoms with Gasteiger partial charge in [0.05, 0.1) is 17.5 Å². The zero-order valence-corrected chi connectivity index (χ0v) is 14.9. The lowest BCUT2D eigenvalue weighted by Gasteiger charge is -2.12. The molecule has 0 aliphatic heterocycles. The predicted octanol–water partition coefficient (Wildman–Crippen LogP) is 1.68. The van der Waals surface area contributed by atoms with Gasteiger partial charge >= 0.3 is 0 Å². The van der Waals surface area contributed by atoms with Crippen LogP contribution in [0.3, 0.4) is 0 Å². The van der Waals surface area contributed by atoms with Crippen LogP contribution in [0.25, 0.3) is 0 Å². The minimum atomic E-state index is -3.18. The van der Waals surface area contributed by atoms with Gasteiger partial charge in [0.2, 0.25) is 5.91 Å². The van der Waals surface area contributed by atoms with Gasteiger partial charge in [0, 0.05) is 6.54 Å². The van der Waals surface area contributed by atoms with E-state index in [0.29, 0.717) is 19.4 Å². The molecule has 2 aromatic carbocycles. The second kappa shape index (κ2) is 9.34. The Hall–Kier alpha value is -2.18. The summed E-state index contributed by atoms with van der Waals surface area (Å²) in [5, 5.41) is 2.71. The first-order chi connectivity index (χ1) is 12.0. The zero-order chi connectivity index (χ0) is 18.1. The van der Waals surface area contributed by atoms with Crippen molar-refractivity contribution in [2.75, 3.05) is 12.3 Å². The van der Waals surface area contributed by atoms with Crippen molar-refractivity contribution in [2.24, 2.45) is 5.73 Å². The number of nitrogens with one attached hydrogen (secondary N) is 1. The molecule has 0 aliphatic rings. The lowest BCUT2D eigenvalue weighted by molar-refractivity contribution is -0.122. The Kier molecular flexibility index (Phi) is 7.16. The standard InChI is InChI=1S/C19H24N2O3S/c20-18(14-16-8-3-1-4-9-16)19(22)21-12-7-13-25(23,24)15-17-10-5-2-6-11-17/h1-6,8-11,18H,7,12-15,20H2,(H,21,22). The van der Waals surface area contributed by atoms with Gasteiger partial charge in [-0.1, -0.05) is 60.7 Å². The van der Waals surface area contributed by atoms with E-state index in [9.17, 15) is 13.2 Å². The van der Waals surface area contributed by atoms with Crippen LogP contribution < -0.4 is 11.1 Å². The molecule has 2 rings (SSSR count). The van der Waals surface area contributed by atoms with Crippen LogP contribution in [-0.2, 0) is 26.8 Å². The molecule has 0 heterocycles. The van der Waals surface area contributed by atoms with E-state index in [1.807, 2.05) is 48.5 Å². The van der Waals surface area contributed by atoms with Gasteiger partial charge in [0.15, 0.2) is 9.84 Å². The molecule has 1 amide bonds. The van der Waals surface area contributed by atoms with Crippen LogP contribution >= 0.6 is 0 Å². The van der Waals surface area contributed by atoms with Gasteiger partial charge in [-0.05, 0) is 24.0 Å². The second-order valence-corrected chi connectivity index (χ2v) is 8.20. The highest BCUT2D eigenvalue weighted by Crippen LogP contribution is 2.07. The van der Waals surface area contributed by atoms with Gasteiger partial charge < -0.3 is 11.1 Å². The van der Waals surface area contributed by atoms with Gasteiger partial charge in [-0.25, -0.2) is 8.42 Å². The van der Waals surface area contributed by atoms with Crippen molar-refractivity contribution >= 4 is 15.7 Å². The maximum absolute atomic E-state index is 12.1. The lowest BCUT2D eigenvalue weighted by Crippen LogP contribution is -2.42. The Balaban J connectivity index is 1.70. The minimum absolute atomic E-state index is 0.0231. The van der Waals surface area contributed by atoms with Crippen molar-refractivity contribution in [3.8, 4) is 0 Å². The van der Waals surface area contributed by atoms with Gasteiger partial charge in [-0.15, -0.1) is 0 Å². The molecule has 0 aliphatic carbocycles. The Morgan fingerprint density at radius 2 is 1.52 bits per heavy atom. The number of sulfone groups is 1. The average Bonchev–Trinajstić information content (AvgIpc) is 2.60. The summed E-state index contributed by atoms with van der Waals surface area (Å²) in [6.07, 6.45) is 0.831. The summed E-state index contributed by atoms with van der Waals surface area (Å²) in [4.78, 5) is 12.0. The van der Waals surface area contributed by atoms with Crippen molar-refractivity contribution in [3.63, 3.8) is 0 Å². The number of carbonyl (C=O) groups excluding carboxylic acids is 1. The van der Waals surface area contributed by atoms with E-state index >= 15 is 0 Å². The highest BCUT2D eigenvalue weighted by Gasteiger charge is 2.15. The molecule has 0 aromatic heterocycles. The largest absolute Gasteiger partial charge is 0.355 e. The van der Waals surface area contributed by atoms with E-state index in [0.717, 1.165) is 11.1 Å². The molecule has 134 valence electrons. The topological polar surface area (TPSA) is 89.3 Å². The molecule has 1 unspecified atom stereocenters. The van der Waals surface area contributed by atoms with Crippen LogP contribution in [0, 0.1) is 0 Å². The molecule has 0 bridgehead atoms. The number of hydrogen-bond donors (Lipinski definition) is 2. The van der Waals surface area contributed by atoms with E-state index < -0.39 is 15.9 Å². The van der Waals surface area contributed by atoms with Crippen LogP contribution in [0.4, 0.5) is 0 Å². The number of amides is 1. The molecule has 0 spiro atoms. The monoisotopic (exact) mass is 360 g/mol. The molecule has 0 saturated carbocycles. The van der Waals surface area contributed by atoms with Crippen LogP contribution in [0.5, 0.6) is 0 Å². The highest BCUT2D eigenvalue weighted by molar-refractivity contribution is 7.90. The van der Waals surface area contributed by atoms with Gasteiger partial charge in [-0.3, -0.25) is 4.79 Å². The van der Waals surface area contributed by atoms with E-state index in [-0.39, 0.29) is 17.4 Å². The molecule has 25 heavy (non-hydrogen) atoms. The van der Waals surface area contributed by atoms with Crippen LogP contribution in [0.2, 0.25) is 0 Å². The SMILES string of the molecule is NC(Cc1ccccc1)C(=O)NCCCS(=O)(=O)Cc1ccccc1. The molecule has 3 N–H and O–H groups in total. The summed E-state index contributed by atoms with van der Waals surface area (Å²) in [7, 11) is -3.18. The van der Waals surface area contributed by atoms with Gasteiger partial charge in [-0.2, -0.15) is 0 Å². The summed E-state index contributed by atoms with van der Waals surface area (Å²) in [6, 6.07) is 18.0. The summed E-state index contributed by atoms with van der Waals surface area (Å²) >= 11 is 0. The third kappa shape index (κ3) is 7.07. The van der Waals surface area contributed by atoms with Gasteiger partial charge in [0.1, 0.15) is 0 Å². The quantitative estimate of drug-likeness (QED) is 0.666. The molecule has 6 heteroatoms. The first-order valence-electron chi connectivity index (χ1n) is 8.28. The smallest absolute Gasteiger partial charge is 0.237 e. The van der Waals surface area contributed by atoms with Crippen molar-refractivity contribution in [3.05, 3.63) is 71.8 Å². The number of rotatable bonds is 9. The Morgan fingerprint density at radius 1 is 0.960 bits per heavy atom. The predicted molar refractivity (Wildman–Crippen MR) is 99.7 cm³/mol. The molecule has 1 atom stereocenters. The summed E-state index contributed by atoms with van der Waals surface area (Å²) in [5.74, 6) is -0.199. The number of benzene rings is 2. The first-order valence-corrected chi connectivity index (χ1v) is 10.1.